The molecule has 2 aliphatic rings. The maximum absolute atomic E-state index is 11.4. The van der Waals surface area contributed by atoms with Crippen molar-refractivity contribution in [2.24, 2.45) is 0 Å². The minimum Gasteiger partial charge on any atom is -0.480 e. The fourth-order valence-electron chi connectivity index (χ4n) is 2.81. The van der Waals surface area contributed by atoms with E-state index in [0.717, 1.165) is 43.1 Å². The largest absolute Gasteiger partial charge is 0.480 e. The molecule has 6 heteroatoms. The second kappa shape index (κ2) is 5.36. The standard InChI is InChI=1S/C13H17N3O2S/c17-13(18)11-7-19-6-5-16(11)12-9-3-1-2-4-10(9)14-8-15-12/h8,11H,1-7H2,(H,17,18). The number of carbonyl (C=O) groups is 1. The third-order valence-electron chi connectivity index (χ3n) is 3.79. The number of carboxylic acids is 1. The lowest BCUT2D eigenvalue weighted by Gasteiger charge is -2.35. The number of aliphatic carboxylic acids is 1. The van der Waals surface area contributed by atoms with Crippen molar-refractivity contribution >= 4 is 23.5 Å². The summed E-state index contributed by atoms with van der Waals surface area (Å²) < 4.78 is 0. The fourth-order valence-corrected chi connectivity index (χ4v) is 3.85. The predicted octanol–water partition coefficient (Wildman–Crippen LogP) is 1.36. The van der Waals surface area contributed by atoms with Gasteiger partial charge in [0.05, 0.1) is 0 Å². The minimum atomic E-state index is -0.754. The van der Waals surface area contributed by atoms with E-state index in [1.54, 1.807) is 18.1 Å². The van der Waals surface area contributed by atoms with Crippen LogP contribution in [0.25, 0.3) is 0 Å². The summed E-state index contributed by atoms with van der Waals surface area (Å²) in [4.78, 5) is 22.1. The molecule has 1 aliphatic heterocycles. The molecule has 1 aromatic heterocycles. The van der Waals surface area contributed by atoms with E-state index in [0.29, 0.717) is 5.75 Å². The molecule has 1 N–H and O–H groups in total. The average Bonchev–Trinajstić information content (AvgIpc) is 2.46. The number of aryl methyl sites for hydroxylation is 1. The van der Waals surface area contributed by atoms with Crippen LogP contribution in [0.2, 0.25) is 0 Å². The van der Waals surface area contributed by atoms with Crippen LogP contribution in [0.4, 0.5) is 5.82 Å². The Morgan fingerprint density at radius 1 is 1.37 bits per heavy atom. The molecule has 1 fully saturated rings. The van der Waals surface area contributed by atoms with Gasteiger partial charge in [-0.05, 0) is 25.7 Å². The summed E-state index contributed by atoms with van der Waals surface area (Å²) in [5.41, 5.74) is 2.28. The molecule has 0 radical (unpaired) electrons. The van der Waals surface area contributed by atoms with Gasteiger partial charge in [0.15, 0.2) is 0 Å². The van der Waals surface area contributed by atoms with Crippen molar-refractivity contribution in [3.05, 3.63) is 17.6 Å². The third-order valence-corrected chi connectivity index (χ3v) is 4.81. The zero-order valence-corrected chi connectivity index (χ0v) is 11.5. The Hall–Kier alpha value is -1.30. The monoisotopic (exact) mass is 279 g/mol. The second-order valence-electron chi connectivity index (χ2n) is 4.95. The first kappa shape index (κ1) is 12.7. The number of carboxylic acid groups (broad SMARTS) is 1. The number of rotatable bonds is 2. The van der Waals surface area contributed by atoms with Crippen molar-refractivity contribution in [3.63, 3.8) is 0 Å². The topological polar surface area (TPSA) is 66.3 Å². The Morgan fingerprint density at radius 2 is 2.21 bits per heavy atom. The number of hydrogen-bond donors (Lipinski definition) is 1. The van der Waals surface area contributed by atoms with Gasteiger partial charge in [0.1, 0.15) is 18.2 Å². The number of thioether (sulfide) groups is 1. The summed E-state index contributed by atoms with van der Waals surface area (Å²) in [7, 11) is 0. The van der Waals surface area contributed by atoms with Crippen molar-refractivity contribution in [2.75, 3.05) is 23.0 Å². The Balaban J connectivity index is 1.98. The number of fused-ring (bicyclic) bond motifs is 1. The van der Waals surface area contributed by atoms with Gasteiger partial charge in [-0.25, -0.2) is 14.8 Å². The Kier molecular flexibility index (Phi) is 3.59. The van der Waals surface area contributed by atoms with Crippen LogP contribution in [0.3, 0.4) is 0 Å². The lowest BCUT2D eigenvalue weighted by molar-refractivity contribution is -0.138. The number of anilines is 1. The van der Waals surface area contributed by atoms with E-state index in [9.17, 15) is 9.90 Å². The van der Waals surface area contributed by atoms with E-state index in [1.165, 1.54) is 12.0 Å². The lowest BCUT2D eigenvalue weighted by atomic mass is 9.96. The van der Waals surface area contributed by atoms with Crippen molar-refractivity contribution in [2.45, 2.75) is 31.7 Å². The highest BCUT2D eigenvalue weighted by atomic mass is 32.2. The summed E-state index contributed by atoms with van der Waals surface area (Å²) in [6, 6.07) is -0.459. The van der Waals surface area contributed by atoms with Crippen LogP contribution in [-0.4, -0.2) is 45.1 Å². The van der Waals surface area contributed by atoms with Crippen molar-refractivity contribution in [1.82, 2.24) is 9.97 Å². The predicted molar refractivity (Wildman–Crippen MR) is 74.8 cm³/mol. The summed E-state index contributed by atoms with van der Waals surface area (Å²) in [5, 5.41) is 9.38. The lowest BCUT2D eigenvalue weighted by Crippen LogP contribution is -2.48. The van der Waals surface area contributed by atoms with Gasteiger partial charge in [-0.2, -0.15) is 11.8 Å². The highest BCUT2D eigenvalue weighted by molar-refractivity contribution is 7.99. The highest BCUT2D eigenvalue weighted by Crippen LogP contribution is 2.30. The molecule has 0 amide bonds. The molecule has 102 valence electrons. The first-order chi connectivity index (χ1) is 9.27. The Morgan fingerprint density at radius 3 is 3.05 bits per heavy atom. The molecule has 0 bridgehead atoms. The normalized spacial score (nSPS) is 22.9. The van der Waals surface area contributed by atoms with Crippen molar-refractivity contribution in [3.8, 4) is 0 Å². The van der Waals surface area contributed by atoms with Gasteiger partial charge in [0.25, 0.3) is 0 Å². The second-order valence-corrected chi connectivity index (χ2v) is 6.10. The molecule has 3 rings (SSSR count). The number of aromatic nitrogens is 2. The van der Waals surface area contributed by atoms with Crippen LogP contribution in [0, 0.1) is 0 Å². The molecule has 1 unspecified atom stereocenters. The molecular weight excluding hydrogens is 262 g/mol. The van der Waals surface area contributed by atoms with Gasteiger partial charge >= 0.3 is 5.97 Å². The molecule has 1 saturated heterocycles. The van der Waals surface area contributed by atoms with E-state index in [-0.39, 0.29) is 0 Å². The van der Waals surface area contributed by atoms with Gasteiger partial charge < -0.3 is 10.0 Å². The van der Waals surface area contributed by atoms with E-state index in [2.05, 4.69) is 9.97 Å². The fraction of sp³-hybridized carbons (Fsp3) is 0.615. The third kappa shape index (κ3) is 2.41. The zero-order valence-electron chi connectivity index (χ0n) is 10.7. The quantitative estimate of drug-likeness (QED) is 0.882. The molecule has 0 saturated carbocycles. The average molecular weight is 279 g/mol. The van der Waals surface area contributed by atoms with Crippen LogP contribution in [0.1, 0.15) is 24.1 Å². The summed E-state index contributed by atoms with van der Waals surface area (Å²) in [5.74, 6) is 1.70. The molecule has 0 aromatic carbocycles. The molecular formula is C13H17N3O2S. The van der Waals surface area contributed by atoms with Crippen LogP contribution in [0.15, 0.2) is 6.33 Å². The number of hydrogen-bond acceptors (Lipinski definition) is 5. The van der Waals surface area contributed by atoms with Crippen LogP contribution >= 0.6 is 11.8 Å². The van der Waals surface area contributed by atoms with E-state index in [1.807, 2.05) is 4.90 Å². The molecule has 1 aromatic rings. The smallest absolute Gasteiger partial charge is 0.327 e. The maximum Gasteiger partial charge on any atom is 0.327 e. The number of nitrogens with zero attached hydrogens (tertiary/aromatic N) is 3. The van der Waals surface area contributed by atoms with Gasteiger partial charge in [-0.15, -0.1) is 0 Å². The molecule has 1 aliphatic carbocycles. The minimum absolute atomic E-state index is 0.459. The van der Waals surface area contributed by atoms with Crippen LogP contribution in [-0.2, 0) is 17.6 Å². The first-order valence-electron chi connectivity index (χ1n) is 6.67. The SMILES string of the molecule is O=C(O)C1CSCCN1c1ncnc2c1CCCC2. The molecule has 1 atom stereocenters. The van der Waals surface area contributed by atoms with E-state index in [4.69, 9.17) is 0 Å². The molecule has 5 nitrogen and oxygen atoms in total. The van der Waals surface area contributed by atoms with Gasteiger partial charge in [-0.3, -0.25) is 0 Å². The summed E-state index contributed by atoms with van der Waals surface area (Å²) >= 11 is 1.70. The van der Waals surface area contributed by atoms with E-state index < -0.39 is 12.0 Å². The first-order valence-corrected chi connectivity index (χ1v) is 7.83. The van der Waals surface area contributed by atoms with Crippen LogP contribution < -0.4 is 4.90 Å². The van der Waals surface area contributed by atoms with Gasteiger partial charge in [0, 0.05) is 29.3 Å². The zero-order chi connectivity index (χ0) is 13.2. The van der Waals surface area contributed by atoms with Crippen molar-refractivity contribution < 1.29 is 9.90 Å². The molecule has 2 heterocycles. The maximum atomic E-state index is 11.4. The summed E-state index contributed by atoms with van der Waals surface area (Å²) in [6.07, 6.45) is 5.86. The molecule has 0 spiro atoms. The molecule has 19 heavy (non-hydrogen) atoms. The highest BCUT2D eigenvalue weighted by Gasteiger charge is 2.32. The Labute approximate surface area is 116 Å². The Bertz CT molecular complexity index is 495. The van der Waals surface area contributed by atoms with Crippen molar-refractivity contribution in [1.29, 1.82) is 0 Å². The summed E-state index contributed by atoms with van der Waals surface area (Å²) in [6.45, 7) is 0.755. The van der Waals surface area contributed by atoms with Gasteiger partial charge in [0.2, 0.25) is 0 Å². The van der Waals surface area contributed by atoms with Gasteiger partial charge in [-0.1, -0.05) is 0 Å². The van der Waals surface area contributed by atoms with E-state index >= 15 is 0 Å². The van der Waals surface area contributed by atoms with Crippen LogP contribution in [0.5, 0.6) is 0 Å².